The van der Waals surface area contributed by atoms with Crippen LogP contribution in [0.2, 0.25) is 0 Å². The summed E-state index contributed by atoms with van der Waals surface area (Å²) in [5.41, 5.74) is 7.87. The van der Waals surface area contributed by atoms with Gasteiger partial charge in [0.05, 0.1) is 10.6 Å². The van der Waals surface area contributed by atoms with Crippen LogP contribution in [-0.4, -0.2) is 35.5 Å². The van der Waals surface area contributed by atoms with Gasteiger partial charge in [-0.3, -0.25) is 14.5 Å². The highest BCUT2D eigenvalue weighted by atomic mass is 32.2. The fourth-order valence-corrected chi connectivity index (χ4v) is 3.33. The molecule has 1 aliphatic rings. The molecule has 0 saturated carbocycles. The first-order valence-corrected chi connectivity index (χ1v) is 9.08. The van der Waals surface area contributed by atoms with Gasteiger partial charge < -0.3 is 10.5 Å². The minimum absolute atomic E-state index is 0.0973. The molecule has 1 heterocycles. The number of likely N-dealkylation sites (N-methyl/N-ethyl adjacent to an activating group) is 1. The third-order valence-corrected chi connectivity index (χ3v) is 4.88. The lowest BCUT2D eigenvalue weighted by molar-refractivity contribution is -0.121. The summed E-state index contributed by atoms with van der Waals surface area (Å²) >= 11 is 1.33. The number of amidine groups is 1. The van der Waals surface area contributed by atoms with Crippen LogP contribution in [0, 0.1) is 6.92 Å². The fourth-order valence-electron chi connectivity index (χ4n) is 2.35. The zero-order valence-corrected chi connectivity index (χ0v) is 15.8. The third-order valence-electron chi connectivity index (χ3n) is 3.82. The lowest BCUT2D eigenvalue weighted by atomic mass is 10.2. The van der Waals surface area contributed by atoms with Crippen LogP contribution < -0.4 is 10.5 Å². The number of hydrogen-bond acceptors (Lipinski definition) is 5. The van der Waals surface area contributed by atoms with Crippen molar-refractivity contribution in [2.75, 3.05) is 13.7 Å². The molecule has 6 nitrogen and oxygen atoms in total. The summed E-state index contributed by atoms with van der Waals surface area (Å²) < 4.78 is 5.23. The van der Waals surface area contributed by atoms with Crippen molar-refractivity contribution in [2.45, 2.75) is 6.92 Å². The molecule has 0 unspecified atom stereocenters. The fraction of sp³-hybridized carbons (Fsp3) is 0.150. The van der Waals surface area contributed by atoms with Crippen LogP contribution in [0.25, 0.3) is 6.08 Å². The Labute approximate surface area is 161 Å². The first-order valence-electron chi connectivity index (χ1n) is 8.26. The van der Waals surface area contributed by atoms with E-state index in [4.69, 9.17) is 10.5 Å². The number of rotatable bonds is 5. The highest BCUT2D eigenvalue weighted by Gasteiger charge is 2.30. The van der Waals surface area contributed by atoms with E-state index in [1.807, 2.05) is 43.3 Å². The molecular weight excluding hydrogens is 362 g/mol. The van der Waals surface area contributed by atoms with Gasteiger partial charge in [0.2, 0.25) is 0 Å². The number of aliphatic imine (C=N–C) groups is 1. The van der Waals surface area contributed by atoms with E-state index in [2.05, 4.69) is 4.99 Å². The van der Waals surface area contributed by atoms with Crippen molar-refractivity contribution in [1.82, 2.24) is 4.90 Å². The van der Waals surface area contributed by atoms with Crippen molar-refractivity contribution < 1.29 is 14.3 Å². The average molecular weight is 381 g/mol. The summed E-state index contributed by atoms with van der Waals surface area (Å²) in [5.74, 6) is -0.0856. The van der Waals surface area contributed by atoms with Gasteiger partial charge in [0.1, 0.15) is 5.75 Å². The molecule has 2 aromatic carbocycles. The minimum Gasteiger partial charge on any atom is -0.484 e. The van der Waals surface area contributed by atoms with Gasteiger partial charge >= 0.3 is 0 Å². The lowest BCUT2D eigenvalue weighted by Crippen LogP contribution is -2.23. The van der Waals surface area contributed by atoms with Gasteiger partial charge in [-0.2, -0.15) is 0 Å². The first-order chi connectivity index (χ1) is 12.9. The number of nitrogens with zero attached hydrogens (tertiary/aromatic N) is 2. The van der Waals surface area contributed by atoms with Crippen molar-refractivity contribution in [2.24, 2.45) is 10.7 Å². The van der Waals surface area contributed by atoms with Crippen LogP contribution >= 0.6 is 11.8 Å². The Morgan fingerprint density at radius 3 is 2.48 bits per heavy atom. The Hall–Kier alpha value is -3.06. The zero-order valence-electron chi connectivity index (χ0n) is 15.0. The maximum absolute atomic E-state index is 12.5. The van der Waals surface area contributed by atoms with E-state index in [9.17, 15) is 9.59 Å². The van der Waals surface area contributed by atoms with Gasteiger partial charge in [0.15, 0.2) is 11.8 Å². The molecule has 0 spiro atoms. The number of ether oxygens (including phenoxy) is 1. The Kier molecular flexibility index (Phi) is 5.61. The topological polar surface area (TPSA) is 85.0 Å². The molecule has 2 amide bonds. The quantitative estimate of drug-likeness (QED) is 0.807. The summed E-state index contributed by atoms with van der Waals surface area (Å²) in [6, 6.07) is 14.9. The molecule has 0 aromatic heterocycles. The number of amides is 2. The molecule has 0 atom stereocenters. The van der Waals surface area contributed by atoms with Crippen LogP contribution in [0.4, 0.5) is 5.69 Å². The minimum atomic E-state index is -0.530. The molecule has 138 valence electrons. The average Bonchev–Trinajstić information content (AvgIpc) is 2.91. The summed E-state index contributed by atoms with van der Waals surface area (Å²) in [4.78, 5) is 29.9. The van der Waals surface area contributed by atoms with Crippen molar-refractivity contribution in [1.29, 1.82) is 0 Å². The Morgan fingerprint density at radius 1 is 1.19 bits per heavy atom. The maximum Gasteiger partial charge on any atom is 0.266 e. The van der Waals surface area contributed by atoms with Gasteiger partial charge in [-0.25, -0.2) is 4.99 Å². The number of nitrogens with two attached hydrogens (primary N) is 1. The molecule has 0 aliphatic carbocycles. The zero-order chi connectivity index (χ0) is 19.4. The predicted octanol–water partition coefficient (Wildman–Crippen LogP) is 3.09. The van der Waals surface area contributed by atoms with Crippen molar-refractivity contribution in [3.63, 3.8) is 0 Å². The lowest BCUT2D eigenvalue weighted by Gasteiger charge is -2.07. The van der Waals surface area contributed by atoms with E-state index in [1.165, 1.54) is 11.8 Å². The summed E-state index contributed by atoms with van der Waals surface area (Å²) in [5, 5.41) is 0.636. The second-order valence-electron chi connectivity index (χ2n) is 6.03. The largest absolute Gasteiger partial charge is 0.484 e. The molecular formula is C20H19N3O3S. The maximum atomic E-state index is 12.5. The van der Waals surface area contributed by atoms with E-state index in [-0.39, 0.29) is 12.5 Å². The van der Waals surface area contributed by atoms with Crippen molar-refractivity contribution >= 4 is 40.5 Å². The van der Waals surface area contributed by atoms with Gasteiger partial charge in [-0.15, -0.1) is 0 Å². The van der Waals surface area contributed by atoms with E-state index in [0.29, 0.717) is 15.8 Å². The van der Waals surface area contributed by atoms with Crippen molar-refractivity contribution in [3.8, 4) is 5.75 Å². The summed E-state index contributed by atoms with van der Waals surface area (Å²) in [7, 11) is 1.71. The highest BCUT2D eigenvalue weighted by molar-refractivity contribution is 8.18. The Balaban J connectivity index is 1.75. The summed E-state index contributed by atoms with van der Waals surface area (Å²) in [6.07, 6.45) is 1.80. The van der Waals surface area contributed by atoms with Crippen LogP contribution in [0.1, 0.15) is 11.1 Å². The molecule has 7 heteroatoms. The molecule has 1 aliphatic heterocycles. The molecule has 0 bridgehead atoms. The monoisotopic (exact) mass is 381 g/mol. The smallest absolute Gasteiger partial charge is 0.266 e. The van der Waals surface area contributed by atoms with Gasteiger partial charge in [0, 0.05) is 7.05 Å². The number of thioether (sulfide) groups is 1. The van der Waals surface area contributed by atoms with Crippen LogP contribution in [-0.2, 0) is 9.59 Å². The van der Waals surface area contributed by atoms with E-state index in [0.717, 1.165) is 16.8 Å². The van der Waals surface area contributed by atoms with Crippen LogP contribution in [0.3, 0.4) is 0 Å². The predicted molar refractivity (Wildman–Crippen MR) is 108 cm³/mol. The molecule has 1 fully saturated rings. The number of aryl methyl sites for hydroxylation is 1. The first kappa shape index (κ1) is 18.7. The number of carbonyl (C=O) groups excluding carboxylic acids is 2. The second kappa shape index (κ2) is 8.09. The standard InChI is InChI=1S/C20H19N3O3S/c1-13-3-7-15(8-4-13)22-20-23(2)19(25)17(27-20)11-14-5-9-16(10-6-14)26-12-18(21)24/h3-11H,12H2,1-2H3,(H2,21,24)/b17-11+,22-20?. The number of primary amides is 1. The molecule has 2 aromatic rings. The molecule has 1 saturated heterocycles. The Bertz CT molecular complexity index is 918. The second-order valence-corrected chi connectivity index (χ2v) is 7.04. The molecule has 0 radical (unpaired) electrons. The molecule has 2 N–H and O–H groups in total. The highest BCUT2D eigenvalue weighted by Crippen LogP contribution is 2.33. The number of benzene rings is 2. The van der Waals surface area contributed by atoms with E-state index >= 15 is 0 Å². The van der Waals surface area contributed by atoms with E-state index < -0.39 is 5.91 Å². The third kappa shape index (κ3) is 4.77. The van der Waals surface area contributed by atoms with Crippen LogP contribution in [0.5, 0.6) is 5.75 Å². The number of carbonyl (C=O) groups is 2. The number of hydrogen-bond donors (Lipinski definition) is 1. The SMILES string of the molecule is Cc1ccc(N=C2S/C(=C/c3ccc(OCC(N)=O)cc3)C(=O)N2C)cc1. The van der Waals surface area contributed by atoms with Gasteiger partial charge in [-0.1, -0.05) is 29.8 Å². The Morgan fingerprint density at radius 2 is 1.85 bits per heavy atom. The summed E-state index contributed by atoms with van der Waals surface area (Å²) in [6.45, 7) is 1.85. The van der Waals surface area contributed by atoms with Crippen molar-refractivity contribution in [3.05, 3.63) is 64.6 Å². The van der Waals surface area contributed by atoms with Gasteiger partial charge in [0.25, 0.3) is 11.8 Å². The molecule has 27 heavy (non-hydrogen) atoms. The van der Waals surface area contributed by atoms with Crippen LogP contribution in [0.15, 0.2) is 58.4 Å². The normalized spacial score (nSPS) is 17.0. The van der Waals surface area contributed by atoms with Gasteiger partial charge in [-0.05, 0) is 54.6 Å². The molecule has 3 rings (SSSR count). The van der Waals surface area contributed by atoms with E-state index in [1.54, 1.807) is 30.2 Å².